The van der Waals surface area contributed by atoms with Gasteiger partial charge in [0.15, 0.2) is 5.96 Å². The van der Waals surface area contributed by atoms with Gasteiger partial charge in [-0.15, -0.1) is 0 Å². The van der Waals surface area contributed by atoms with Crippen molar-refractivity contribution < 1.29 is 39.0 Å². The fourth-order valence-corrected chi connectivity index (χ4v) is 4.62. The second-order valence-corrected chi connectivity index (χ2v) is 12.8. The van der Waals surface area contributed by atoms with E-state index in [-0.39, 0.29) is 43.5 Å². The van der Waals surface area contributed by atoms with E-state index in [0.717, 1.165) is 12.5 Å². The number of nitrogens with two attached hydrogens (primary N) is 4. The van der Waals surface area contributed by atoms with Crippen molar-refractivity contribution >= 4 is 41.5 Å². The van der Waals surface area contributed by atoms with Crippen molar-refractivity contribution in [3.63, 3.8) is 0 Å². The molecule has 0 saturated carbocycles. The highest BCUT2D eigenvalue weighted by molar-refractivity contribution is 5.96. The molecule has 17 nitrogen and oxygen atoms in total. The Labute approximate surface area is 293 Å². The first-order valence-electron chi connectivity index (χ1n) is 16.5. The molecule has 0 bridgehead atoms. The number of aliphatic hydroxyl groups excluding tert-OH is 1. The number of carboxylic acids is 1. The lowest BCUT2D eigenvalue weighted by atomic mass is 9.98. The van der Waals surface area contributed by atoms with Crippen LogP contribution in [0.4, 0.5) is 0 Å². The Bertz CT molecular complexity index is 1270. The van der Waals surface area contributed by atoms with Gasteiger partial charge in [0.1, 0.15) is 24.2 Å². The minimum Gasteiger partial charge on any atom is -0.481 e. The summed E-state index contributed by atoms with van der Waals surface area (Å²) in [5.41, 5.74) is 22.8. The molecule has 0 aliphatic heterocycles. The number of nitrogens with zero attached hydrogens (tertiary/aromatic N) is 1. The van der Waals surface area contributed by atoms with Crippen molar-refractivity contribution in [2.24, 2.45) is 39.8 Å². The van der Waals surface area contributed by atoms with E-state index in [4.69, 9.17) is 32.8 Å². The molecular weight excluding hydrogens is 650 g/mol. The van der Waals surface area contributed by atoms with Crippen LogP contribution in [0.3, 0.4) is 0 Å². The van der Waals surface area contributed by atoms with Crippen molar-refractivity contribution in [2.75, 3.05) is 6.54 Å². The minimum absolute atomic E-state index is 0.0117. The van der Waals surface area contributed by atoms with Crippen LogP contribution in [0.2, 0.25) is 0 Å². The summed E-state index contributed by atoms with van der Waals surface area (Å²) in [6.45, 7) is 10.2. The number of nitrogens with one attached hydrogen (secondary N) is 4. The Balaban J connectivity index is 0.00000567. The molecule has 0 aliphatic rings. The number of aliphatic hydroxyl groups is 1. The second kappa shape index (κ2) is 23.6. The molecule has 0 aromatic heterocycles. The number of aliphatic carboxylic acids is 1. The van der Waals surface area contributed by atoms with Gasteiger partial charge in [-0.05, 0) is 50.0 Å². The van der Waals surface area contributed by atoms with Crippen LogP contribution in [0, 0.1) is 11.8 Å². The molecular formula is C33H57N9O8. The lowest BCUT2D eigenvalue weighted by Gasteiger charge is -2.28. The van der Waals surface area contributed by atoms with E-state index in [1.165, 1.54) is 6.92 Å². The maximum atomic E-state index is 13.7. The number of guanidine groups is 1. The van der Waals surface area contributed by atoms with Gasteiger partial charge in [0.2, 0.25) is 29.5 Å². The van der Waals surface area contributed by atoms with Gasteiger partial charge in [-0.25, -0.2) is 0 Å². The number of aliphatic imine (C=N–C) groups is 1. The smallest absolute Gasteiger partial charge is 0.300 e. The monoisotopic (exact) mass is 707 g/mol. The largest absolute Gasteiger partial charge is 0.481 e. The maximum absolute atomic E-state index is 13.7. The minimum atomic E-state index is -1.38. The third-order valence-corrected chi connectivity index (χ3v) is 6.99. The first-order chi connectivity index (χ1) is 23.2. The lowest BCUT2D eigenvalue weighted by Crippen LogP contribution is -2.60. The standard InChI is InChI=1S/C31H53N9O6.C2H4O2/c1-17(2)14-22(37-27(43)21(32)12-9-13-36-31(34)35)28(44)38-23(15-18(3)4)29(45)39-24(16-20-10-7-6-8-11-20)30(46)40-25(19(5)41)26(33)42;1-2(3)4/h6-8,10-11,17-19,21-25,41H,9,12-16,32H2,1-5H3,(H2,33,42)(H,37,43)(H,38,44)(H,39,45)(H,40,46)(H4,34,35,36);1H3,(H,3,4)/t19-,21+,22+,23+,24+,25+;/m1./s1. The molecule has 6 atom stereocenters. The van der Waals surface area contributed by atoms with Gasteiger partial charge in [-0.1, -0.05) is 58.0 Å². The second-order valence-electron chi connectivity index (χ2n) is 12.8. The fraction of sp³-hybridized carbons (Fsp3) is 0.606. The molecule has 282 valence electrons. The van der Waals surface area contributed by atoms with Gasteiger partial charge >= 0.3 is 0 Å². The topological polar surface area (TPSA) is 307 Å². The van der Waals surface area contributed by atoms with Crippen molar-refractivity contribution in [3.8, 4) is 0 Å². The molecule has 0 unspecified atom stereocenters. The summed E-state index contributed by atoms with van der Waals surface area (Å²) in [6.07, 6.45) is 0.0243. The van der Waals surface area contributed by atoms with Crippen molar-refractivity contribution in [1.29, 1.82) is 0 Å². The Hall–Kier alpha value is -4.77. The number of benzene rings is 1. The normalized spacial score (nSPS) is 14.4. The molecule has 0 heterocycles. The number of carboxylic acid groups (broad SMARTS) is 1. The van der Waals surface area contributed by atoms with Crippen LogP contribution in [0.1, 0.15) is 72.8 Å². The van der Waals surface area contributed by atoms with Crippen LogP contribution in [-0.4, -0.2) is 94.5 Å². The molecule has 50 heavy (non-hydrogen) atoms. The van der Waals surface area contributed by atoms with Gasteiger partial charge in [0.05, 0.1) is 12.1 Å². The van der Waals surface area contributed by atoms with Crippen LogP contribution < -0.4 is 44.2 Å². The molecule has 0 fully saturated rings. The van der Waals surface area contributed by atoms with Crippen molar-refractivity contribution in [1.82, 2.24) is 21.3 Å². The third kappa shape index (κ3) is 19.9. The summed E-state index contributed by atoms with van der Waals surface area (Å²) in [7, 11) is 0. The van der Waals surface area contributed by atoms with Crippen LogP contribution in [0.15, 0.2) is 35.3 Å². The molecule has 17 heteroatoms. The quantitative estimate of drug-likeness (QED) is 0.0427. The van der Waals surface area contributed by atoms with Crippen LogP contribution >= 0.6 is 0 Å². The van der Waals surface area contributed by atoms with Crippen LogP contribution in [0.25, 0.3) is 0 Å². The zero-order valence-electron chi connectivity index (χ0n) is 29.8. The predicted molar refractivity (Wildman–Crippen MR) is 189 cm³/mol. The van der Waals surface area contributed by atoms with E-state index in [9.17, 15) is 29.1 Å². The van der Waals surface area contributed by atoms with Gasteiger partial charge in [-0.3, -0.25) is 33.8 Å². The van der Waals surface area contributed by atoms with Crippen LogP contribution in [-0.2, 0) is 35.2 Å². The van der Waals surface area contributed by atoms with E-state index in [1.807, 2.05) is 27.7 Å². The van der Waals surface area contributed by atoms with E-state index in [0.29, 0.717) is 13.0 Å². The molecule has 1 aromatic rings. The summed E-state index contributed by atoms with van der Waals surface area (Å²) in [5, 5.41) is 27.9. The number of amides is 5. The van der Waals surface area contributed by atoms with Gasteiger partial charge in [0, 0.05) is 19.9 Å². The SMILES string of the molecule is CC(=O)O.CC(C)C[C@H](NC(=O)[C@H](CC(C)C)NC(=O)[C@@H](N)CCCN=C(N)N)C(=O)N[C@@H](Cc1ccccc1)C(=O)N[C@H](C(N)=O)[C@@H](C)O. The first kappa shape index (κ1) is 45.2. The fourth-order valence-electron chi connectivity index (χ4n) is 4.62. The number of hydrogen-bond acceptors (Lipinski definition) is 9. The van der Waals surface area contributed by atoms with Crippen molar-refractivity contribution in [3.05, 3.63) is 35.9 Å². The summed E-state index contributed by atoms with van der Waals surface area (Å²) in [4.78, 5) is 78.1. The molecule has 0 spiro atoms. The van der Waals surface area contributed by atoms with Gasteiger partial charge in [-0.2, -0.15) is 0 Å². The summed E-state index contributed by atoms with van der Waals surface area (Å²) < 4.78 is 0. The Kier molecular flexibility index (Phi) is 21.3. The number of carbonyl (C=O) groups is 6. The van der Waals surface area contributed by atoms with Crippen molar-refractivity contribution in [2.45, 2.75) is 110 Å². The van der Waals surface area contributed by atoms with E-state index in [2.05, 4.69) is 26.3 Å². The van der Waals surface area contributed by atoms with E-state index < -0.39 is 71.8 Å². The highest BCUT2D eigenvalue weighted by atomic mass is 16.4. The van der Waals surface area contributed by atoms with Gasteiger partial charge in [0.25, 0.3) is 5.97 Å². The average molecular weight is 708 g/mol. The predicted octanol–water partition coefficient (Wildman–Crippen LogP) is -1.40. The van der Waals surface area contributed by atoms with Gasteiger partial charge < -0.3 is 54.4 Å². The number of hydrogen-bond donors (Lipinski definition) is 10. The molecule has 1 aromatic carbocycles. The molecule has 5 amide bonds. The average Bonchev–Trinajstić information content (AvgIpc) is 2.99. The Morgan fingerprint density at radius 2 is 1.18 bits per heavy atom. The Morgan fingerprint density at radius 1 is 0.740 bits per heavy atom. The summed E-state index contributed by atoms with van der Waals surface area (Å²) >= 11 is 0. The highest BCUT2D eigenvalue weighted by Gasteiger charge is 2.33. The number of primary amides is 1. The molecule has 14 N–H and O–H groups in total. The first-order valence-corrected chi connectivity index (χ1v) is 16.5. The zero-order chi connectivity index (χ0) is 38.6. The highest BCUT2D eigenvalue weighted by Crippen LogP contribution is 2.11. The summed E-state index contributed by atoms with van der Waals surface area (Å²) in [5.74, 6) is -4.36. The number of rotatable bonds is 20. The van der Waals surface area contributed by atoms with E-state index >= 15 is 0 Å². The Morgan fingerprint density at radius 3 is 1.60 bits per heavy atom. The third-order valence-electron chi connectivity index (χ3n) is 6.99. The van der Waals surface area contributed by atoms with E-state index in [1.54, 1.807) is 30.3 Å². The molecule has 0 radical (unpaired) electrons. The zero-order valence-corrected chi connectivity index (χ0v) is 29.8. The van der Waals surface area contributed by atoms with Crippen LogP contribution in [0.5, 0.6) is 0 Å². The lowest BCUT2D eigenvalue weighted by molar-refractivity contribution is -0.135. The number of carbonyl (C=O) groups excluding carboxylic acids is 5. The maximum Gasteiger partial charge on any atom is 0.300 e. The summed E-state index contributed by atoms with van der Waals surface area (Å²) in [6, 6.07) is 3.37. The molecule has 0 saturated heterocycles. The molecule has 1 rings (SSSR count). The molecule has 0 aliphatic carbocycles.